The summed E-state index contributed by atoms with van der Waals surface area (Å²) in [5, 5.41) is 25.1. The highest BCUT2D eigenvalue weighted by Gasteiger charge is 2.21. The second-order valence-corrected chi connectivity index (χ2v) is 10.4. The molecular weight excluding hydrogens is 568 g/mol. The number of carbonyl (C=O) groups is 3. The largest absolute Gasteiger partial charge is 0.493 e. The number of ether oxygens (including phenoxy) is 2. The second-order valence-electron chi connectivity index (χ2n) is 10.4. The third kappa shape index (κ3) is 7.93. The molecule has 2 bridgehead atoms. The Balaban J connectivity index is 1.24. The van der Waals surface area contributed by atoms with Gasteiger partial charge in [0.2, 0.25) is 5.91 Å². The first kappa shape index (κ1) is 30.1. The average Bonchev–Trinajstić information content (AvgIpc) is 3.72. The lowest BCUT2D eigenvalue weighted by molar-refractivity contribution is -0.134. The van der Waals surface area contributed by atoms with Gasteiger partial charge in [-0.05, 0) is 72.7 Å². The van der Waals surface area contributed by atoms with E-state index in [2.05, 4.69) is 36.5 Å². The van der Waals surface area contributed by atoms with Crippen LogP contribution in [0.4, 0.5) is 0 Å². The first-order valence-corrected chi connectivity index (χ1v) is 14.3. The van der Waals surface area contributed by atoms with Gasteiger partial charge in [0.25, 0.3) is 11.8 Å². The Kier molecular flexibility index (Phi) is 9.74. The number of tetrazole rings is 1. The Morgan fingerprint density at radius 3 is 2.73 bits per heavy atom. The minimum atomic E-state index is -0.772. The monoisotopic (exact) mass is 602 g/mol. The van der Waals surface area contributed by atoms with Gasteiger partial charge in [-0.25, -0.2) is 4.68 Å². The summed E-state index contributed by atoms with van der Waals surface area (Å²) >= 11 is 0. The third-order valence-corrected chi connectivity index (χ3v) is 6.92. The van der Waals surface area contributed by atoms with Crippen LogP contribution in [0.5, 0.6) is 11.5 Å². The number of carbonyl (C=O) groups excluding carboxylic acids is 3. The summed E-state index contributed by atoms with van der Waals surface area (Å²) in [6.07, 6.45) is 4.36. The summed E-state index contributed by atoms with van der Waals surface area (Å²) in [7, 11) is 0. The Morgan fingerprint density at radius 1 is 1.09 bits per heavy atom. The van der Waals surface area contributed by atoms with Gasteiger partial charge in [-0.15, -0.1) is 10.2 Å². The number of amides is 3. The Labute approximate surface area is 253 Å². The first-order valence-electron chi connectivity index (χ1n) is 14.3. The zero-order valence-electron chi connectivity index (χ0n) is 24.5. The van der Waals surface area contributed by atoms with Crippen molar-refractivity contribution in [1.82, 2.24) is 50.7 Å². The fourth-order valence-corrected chi connectivity index (χ4v) is 4.54. The molecule has 44 heavy (non-hydrogen) atoms. The topological polar surface area (TPSA) is 171 Å². The molecule has 1 atom stereocenters. The number of benzene rings is 2. The Morgan fingerprint density at radius 2 is 1.93 bits per heavy atom. The number of nitrogens with one attached hydrogen (secondary N) is 2. The van der Waals surface area contributed by atoms with E-state index in [9.17, 15) is 14.4 Å². The van der Waals surface area contributed by atoms with Crippen LogP contribution in [0.25, 0.3) is 5.69 Å². The molecule has 0 saturated heterocycles. The lowest BCUT2D eigenvalue weighted by atomic mass is 10.1. The van der Waals surface area contributed by atoms with E-state index < -0.39 is 11.9 Å². The highest BCUT2D eigenvalue weighted by molar-refractivity contribution is 5.99. The quantitative estimate of drug-likeness (QED) is 0.344. The van der Waals surface area contributed by atoms with E-state index in [1.807, 2.05) is 13.0 Å². The summed E-state index contributed by atoms with van der Waals surface area (Å²) in [5.41, 5.74) is 2.68. The minimum Gasteiger partial charge on any atom is -0.493 e. The molecule has 2 N–H and O–H groups in total. The molecule has 5 rings (SSSR count). The van der Waals surface area contributed by atoms with E-state index >= 15 is 0 Å². The van der Waals surface area contributed by atoms with Crippen molar-refractivity contribution < 1.29 is 23.9 Å². The van der Waals surface area contributed by atoms with Crippen molar-refractivity contribution in [2.75, 3.05) is 26.3 Å². The van der Waals surface area contributed by atoms with Crippen LogP contribution in [0.2, 0.25) is 0 Å². The van der Waals surface area contributed by atoms with E-state index in [-0.39, 0.29) is 25.0 Å². The number of aryl methyl sites for hydroxylation is 2. The van der Waals surface area contributed by atoms with Crippen LogP contribution in [-0.2, 0) is 22.7 Å². The predicted molar refractivity (Wildman–Crippen MR) is 156 cm³/mol. The number of aromatic nitrogens is 7. The lowest BCUT2D eigenvalue weighted by Crippen LogP contribution is -2.45. The molecule has 0 spiro atoms. The van der Waals surface area contributed by atoms with Gasteiger partial charge >= 0.3 is 0 Å². The fraction of sp³-hybridized carbons (Fsp3) is 0.379. The van der Waals surface area contributed by atoms with Crippen molar-refractivity contribution in [2.24, 2.45) is 0 Å². The molecule has 0 radical (unpaired) electrons. The molecule has 15 heteroatoms. The molecule has 0 saturated carbocycles. The maximum Gasteiger partial charge on any atom is 0.260 e. The standard InChI is InChI=1S/C29H34N10O5/c1-20-5-10-25-26(15-20)43-14-4-13-38-17-22(33-35-38)16-37(12-3-11-30-28(41)21(2)32-29(25)42)27(40)18-44-24-8-6-23(7-9-24)39-19-31-34-36-39/h5-10,15,17,19,21H,3-4,11-14,16,18H2,1-2H3,(H,30,41)(H,32,42)/t21-/m1/s1. The molecule has 2 aromatic heterocycles. The Bertz CT molecular complexity index is 1570. The normalized spacial score (nSPS) is 16.8. The lowest BCUT2D eigenvalue weighted by Gasteiger charge is -2.22. The average molecular weight is 603 g/mol. The van der Waals surface area contributed by atoms with Crippen molar-refractivity contribution in [3.63, 3.8) is 0 Å². The van der Waals surface area contributed by atoms with E-state index in [0.29, 0.717) is 61.8 Å². The van der Waals surface area contributed by atoms with Crippen LogP contribution < -0.4 is 20.1 Å². The summed E-state index contributed by atoms with van der Waals surface area (Å²) in [6.45, 7) is 5.09. The van der Waals surface area contributed by atoms with E-state index in [0.717, 1.165) is 11.3 Å². The van der Waals surface area contributed by atoms with Crippen LogP contribution in [0.15, 0.2) is 55.0 Å². The van der Waals surface area contributed by atoms with Gasteiger partial charge < -0.3 is 25.0 Å². The SMILES string of the molecule is Cc1ccc2c(c1)OCCCn1cc(nn1)CN(C(=O)COc1ccc(-n3cnnn3)cc1)CCCNC(=O)[C@@H](C)NC2=O. The summed E-state index contributed by atoms with van der Waals surface area (Å²) in [4.78, 5) is 40.6. The summed E-state index contributed by atoms with van der Waals surface area (Å²) < 4.78 is 14.9. The molecule has 0 aliphatic carbocycles. The maximum atomic E-state index is 13.3. The molecule has 4 aromatic rings. The zero-order valence-corrected chi connectivity index (χ0v) is 24.5. The number of hydrogen-bond acceptors (Lipinski definition) is 10. The molecule has 1 aliphatic heterocycles. The maximum absolute atomic E-state index is 13.3. The van der Waals surface area contributed by atoms with Crippen LogP contribution in [-0.4, -0.2) is 90.2 Å². The van der Waals surface area contributed by atoms with Crippen LogP contribution in [0, 0.1) is 6.92 Å². The van der Waals surface area contributed by atoms with Gasteiger partial charge in [0.15, 0.2) is 6.61 Å². The van der Waals surface area contributed by atoms with Gasteiger partial charge in [-0.3, -0.25) is 19.1 Å². The fourth-order valence-electron chi connectivity index (χ4n) is 4.54. The minimum absolute atomic E-state index is 0.189. The first-order chi connectivity index (χ1) is 21.4. The van der Waals surface area contributed by atoms with Crippen LogP contribution in [0.3, 0.4) is 0 Å². The molecular formula is C29H34N10O5. The number of fused-ring (bicyclic) bond motifs is 3. The zero-order chi connectivity index (χ0) is 30.9. The molecule has 0 fully saturated rings. The van der Waals surface area contributed by atoms with Crippen molar-refractivity contribution in [2.45, 2.75) is 45.8 Å². The van der Waals surface area contributed by atoms with Gasteiger partial charge in [0.05, 0.1) is 30.6 Å². The van der Waals surface area contributed by atoms with Crippen molar-refractivity contribution in [3.8, 4) is 17.2 Å². The van der Waals surface area contributed by atoms with Gasteiger partial charge in [0, 0.05) is 26.1 Å². The molecule has 1 aliphatic rings. The van der Waals surface area contributed by atoms with E-state index in [4.69, 9.17) is 9.47 Å². The van der Waals surface area contributed by atoms with Gasteiger partial charge in [0.1, 0.15) is 29.6 Å². The highest BCUT2D eigenvalue weighted by atomic mass is 16.5. The van der Waals surface area contributed by atoms with E-state index in [1.54, 1.807) is 59.1 Å². The summed E-state index contributed by atoms with van der Waals surface area (Å²) in [5.74, 6) is -0.0137. The third-order valence-electron chi connectivity index (χ3n) is 6.92. The molecule has 230 valence electrons. The molecule has 3 heterocycles. The van der Waals surface area contributed by atoms with Crippen LogP contribution >= 0.6 is 0 Å². The highest BCUT2D eigenvalue weighted by Crippen LogP contribution is 2.21. The smallest absolute Gasteiger partial charge is 0.260 e. The Hall–Kier alpha value is -5.34. The molecule has 2 aromatic carbocycles. The second kappa shape index (κ2) is 14.2. The predicted octanol–water partition coefficient (Wildman–Crippen LogP) is 1.08. The molecule has 0 unspecified atom stereocenters. The number of rotatable bonds is 4. The van der Waals surface area contributed by atoms with Crippen molar-refractivity contribution in [1.29, 1.82) is 0 Å². The van der Waals surface area contributed by atoms with Crippen LogP contribution in [0.1, 0.15) is 41.4 Å². The molecule has 3 amide bonds. The van der Waals surface area contributed by atoms with Gasteiger partial charge in [-0.2, -0.15) is 0 Å². The number of hydrogen-bond donors (Lipinski definition) is 2. The van der Waals surface area contributed by atoms with E-state index in [1.165, 1.54) is 11.0 Å². The van der Waals surface area contributed by atoms with Gasteiger partial charge in [-0.1, -0.05) is 11.3 Å². The van der Waals surface area contributed by atoms with Crippen molar-refractivity contribution >= 4 is 17.7 Å². The number of nitrogens with zero attached hydrogens (tertiary/aromatic N) is 8. The molecule has 15 nitrogen and oxygen atoms in total. The van der Waals surface area contributed by atoms with Crippen molar-refractivity contribution in [3.05, 3.63) is 71.8 Å². The summed E-state index contributed by atoms with van der Waals surface area (Å²) in [6, 6.07) is 11.6.